The number of anilines is 1. The molecule has 0 atom stereocenters. The van der Waals surface area contributed by atoms with E-state index in [1.807, 2.05) is 6.92 Å². The summed E-state index contributed by atoms with van der Waals surface area (Å²) >= 11 is 0. The molecular formula is C10H19N5O2. The minimum absolute atomic E-state index is 0.204. The molecule has 17 heavy (non-hydrogen) atoms. The Morgan fingerprint density at radius 2 is 1.82 bits per heavy atom. The third kappa shape index (κ3) is 4.81. The first-order chi connectivity index (χ1) is 8.15. The van der Waals surface area contributed by atoms with Crippen LogP contribution in [0.3, 0.4) is 0 Å². The van der Waals surface area contributed by atoms with Crippen LogP contribution >= 0.6 is 0 Å². The highest BCUT2D eigenvalue weighted by Gasteiger charge is 2.07. The van der Waals surface area contributed by atoms with Crippen molar-refractivity contribution >= 4 is 5.95 Å². The van der Waals surface area contributed by atoms with Crippen molar-refractivity contribution in [1.29, 1.82) is 0 Å². The van der Waals surface area contributed by atoms with Crippen molar-refractivity contribution in [2.75, 3.05) is 18.6 Å². The van der Waals surface area contributed by atoms with Gasteiger partial charge in [-0.1, -0.05) is 13.8 Å². The monoisotopic (exact) mass is 241 g/mol. The first-order valence-electron chi connectivity index (χ1n) is 5.64. The number of hydrazine groups is 1. The van der Waals surface area contributed by atoms with Crippen molar-refractivity contribution in [2.45, 2.75) is 27.2 Å². The molecule has 1 rings (SSSR count). The normalized spacial score (nSPS) is 10.4. The molecule has 0 aliphatic carbocycles. The van der Waals surface area contributed by atoms with Crippen molar-refractivity contribution in [2.24, 2.45) is 11.8 Å². The Morgan fingerprint density at radius 3 is 2.35 bits per heavy atom. The first-order valence-corrected chi connectivity index (χ1v) is 5.64. The minimum Gasteiger partial charge on any atom is -0.464 e. The fraction of sp³-hybridized carbons (Fsp3) is 0.700. The summed E-state index contributed by atoms with van der Waals surface area (Å²) in [6, 6.07) is 0.423. The summed E-state index contributed by atoms with van der Waals surface area (Å²) < 4.78 is 10.6. The number of nitrogens with one attached hydrogen (secondary N) is 1. The van der Waals surface area contributed by atoms with Crippen LogP contribution in [0, 0.1) is 5.92 Å². The average Bonchev–Trinajstić information content (AvgIpc) is 2.28. The van der Waals surface area contributed by atoms with Crippen molar-refractivity contribution in [3.05, 3.63) is 0 Å². The highest BCUT2D eigenvalue weighted by Crippen LogP contribution is 2.12. The second kappa shape index (κ2) is 6.85. The van der Waals surface area contributed by atoms with Gasteiger partial charge in [-0.15, -0.1) is 4.98 Å². The summed E-state index contributed by atoms with van der Waals surface area (Å²) in [7, 11) is 0. The molecule has 0 aromatic carbocycles. The van der Waals surface area contributed by atoms with Crippen LogP contribution in [0.4, 0.5) is 5.95 Å². The Kier molecular flexibility index (Phi) is 5.41. The van der Waals surface area contributed by atoms with Gasteiger partial charge in [0, 0.05) is 0 Å². The van der Waals surface area contributed by atoms with Gasteiger partial charge in [-0.05, 0) is 19.3 Å². The van der Waals surface area contributed by atoms with Gasteiger partial charge in [0.25, 0.3) is 0 Å². The molecule has 1 aromatic heterocycles. The van der Waals surface area contributed by atoms with Gasteiger partial charge in [0.05, 0.1) is 13.2 Å². The number of rotatable bonds is 7. The molecule has 7 nitrogen and oxygen atoms in total. The number of aromatic nitrogens is 3. The molecule has 3 N–H and O–H groups in total. The summed E-state index contributed by atoms with van der Waals surface area (Å²) in [4.78, 5) is 11.9. The Bertz CT molecular complexity index is 345. The standard InChI is InChI=1S/C10H19N5O2/c1-4-16-9-12-8(15-11)13-10(14-9)17-6-5-7(2)3/h7H,4-6,11H2,1-3H3,(H,12,13,14,15). The van der Waals surface area contributed by atoms with E-state index in [1.165, 1.54) is 0 Å². The third-order valence-corrected chi connectivity index (χ3v) is 1.92. The number of nitrogens with two attached hydrogens (primary N) is 1. The number of hydrogen-bond acceptors (Lipinski definition) is 7. The third-order valence-electron chi connectivity index (χ3n) is 1.92. The van der Waals surface area contributed by atoms with Gasteiger partial charge >= 0.3 is 12.0 Å². The van der Waals surface area contributed by atoms with Crippen LogP contribution in [-0.4, -0.2) is 28.2 Å². The van der Waals surface area contributed by atoms with E-state index in [1.54, 1.807) is 0 Å². The van der Waals surface area contributed by atoms with Crippen molar-refractivity contribution < 1.29 is 9.47 Å². The van der Waals surface area contributed by atoms with E-state index < -0.39 is 0 Å². The van der Waals surface area contributed by atoms with Crippen LogP contribution < -0.4 is 20.7 Å². The van der Waals surface area contributed by atoms with Crippen molar-refractivity contribution in [3.63, 3.8) is 0 Å². The minimum atomic E-state index is 0.204. The second-order valence-electron chi connectivity index (χ2n) is 3.83. The first kappa shape index (κ1) is 13.4. The summed E-state index contributed by atoms with van der Waals surface area (Å²) in [5, 5.41) is 0. The van der Waals surface area contributed by atoms with Gasteiger partial charge in [0.2, 0.25) is 5.95 Å². The number of hydrogen-bond donors (Lipinski definition) is 2. The maximum absolute atomic E-state index is 5.41. The zero-order valence-electron chi connectivity index (χ0n) is 10.4. The van der Waals surface area contributed by atoms with E-state index >= 15 is 0 Å². The average molecular weight is 241 g/mol. The lowest BCUT2D eigenvalue weighted by Crippen LogP contribution is -2.14. The van der Waals surface area contributed by atoms with Gasteiger partial charge in [0.1, 0.15) is 0 Å². The molecule has 0 unspecified atom stereocenters. The number of nitrogen functional groups attached to an aromatic ring is 1. The lowest BCUT2D eigenvalue weighted by atomic mass is 10.1. The molecule has 0 spiro atoms. The van der Waals surface area contributed by atoms with Crippen LogP contribution in [0.2, 0.25) is 0 Å². The largest absolute Gasteiger partial charge is 0.464 e. The van der Waals surface area contributed by atoms with Crippen LogP contribution in [0.25, 0.3) is 0 Å². The molecule has 0 aliphatic rings. The molecule has 1 heterocycles. The maximum Gasteiger partial charge on any atom is 0.324 e. The second-order valence-corrected chi connectivity index (χ2v) is 3.83. The summed E-state index contributed by atoms with van der Waals surface area (Å²) in [6.07, 6.45) is 0.932. The Hall–Kier alpha value is -1.63. The predicted molar refractivity (Wildman–Crippen MR) is 63.8 cm³/mol. The van der Waals surface area contributed by atoms with Gasteiger partial charge < -0.3 is 9.47 Å². The molecule has 7 heteroatoms. The Balaban J connectivity index is 2.66. The van der Waals surface area contributed by atoms with E-state index in [9.17, 15) is 0 Å². The van der Waals surface area contributed by atoms with Crippen LogP contribution in [0.5, 0.6) is 12.0 Å². The lowest BCUT2D eigenvalue weighted by molar-refractivity contribution is 0.254. The fourth-order valence-corrected chi connectivity index (χ4v) is 1.05. The molecule has 96 valence electrons. The predicted octanol–water partition coefficient (Wildman–Crippen LogP) is 0.981. The topological polar surface area (TPSA) is 95.2 Å². The maximum atomic E-state index is 5.41. The summed E-state index contributed by atoms with van der Waals surface area (Å²) in [5.74, 6) is 6.04. The SMILES string of the molecule is CCOc1nc(NN)nc(OCCC(C)C)n1. The zero-order chi connectivity index (χ0) is 12.7. The number of ether oxygens (including phenoxy) is 2. The summed E-state index contributed by atoms with van der Waals surface area (Å²) in [5.41, 5.74) is 2.34. The summed E-state index contributed by atoms with van der Waals surface area (Å²) in [6.45, 7) is 7.11. The highest BCUT2D eigenvalue weighted by molar-refractivity contribution is 5.25. The molecule has 0 amide bonds. The number of nitrogens with zero attached hydrogens (tertiary/aromatic N) is 3. The van der Waals surface area contributed by atoms with Gasteiger partial charge in [0.15, 0.2) is 0 Å². The highest BCUT2D eigenvalue weighted by atomic mass is 16.5. The van der Waals surface area contributed by atoms with Crippen molar-refractivity contribution in [1.82, 2.24) is 15.0 Å². The van der Waals surface area contributed by atoms with Gasteiger partial charge in [-0.3, -0.25) is 5.43 Å². The molecular weight excluding hydrogens is 222 g/mol. The molecule has 0 bridgehead atoms. The van der Waals surface area contributed by atoms with E-state index in [2.05, 4.69) is 34.2 Å². The Labute approximate surface area is 101 Å². The molecule has 0 fully saturated rings. The molecule has 0 aliphatic heterocycles. The molecule has 0 saturated carbocycles. The van der Waals surface area contributed by atoms with E-state index in [0.29, 0.717) is 19.1 Å². The molecule has 0 saturated heterocycles. The van der Waals surface area contributed by atoms with E-state index in [-0.39, 0.29) is 18.0 Å². The van der Waals surface area contributed by atoms with E-state index in [0.717, 1.165) is 6.42 Å². The zero-order valence-corrected chi connectivity index (χ0v) is 10.4. The smallest absolute Gasteiger partial charge is 0.324 e. The van der Waals surface area contributed by atoms with Gasteiger partial charge in [-0.2, -0.15) is 9.97 Å². The molecule has 1 aromatic rings. The van der Waals surface area contributed by atoms with Crippen LogP contribution in [-0.2, 0) is 0 Å². The Morgan fingerprint density at radius 1 is 1.18 bits per heavy atom. The van der Waals surface area contributed by atoms with Crippen LogP contribution in [0.1, 0.15) is 27.2 Å². The van der Waals surface area contributed by atoms with Gasteiger partial charge in [-0.25, -0.2) is 5.84 Å². The quantitative estimate of drug-likeness (QED) is 0.542. The lowest BCUT2D eigenvalue weighted by Gasteiger charge is -2.08. The van der Waals surface area contributed by atoms with E-state index in [4.69, 9.17) is 15.3 Å². The van der Waals surface area contributed by atoms with Crippen molar-refractivity contribution in [3.8, 4) is 12.0 Å². The van der Waals surface area contributed by atoms with Crippen LogP contribution in [0.15, 0.2) is 0 Å². The molecule has 0 radical (unpaired) electrons. The fourth-order valence-electron chi connectivity index (χ4n) is 1.05.